The average Bonchev–Trinajstić information content (AvgIpc) is 2.78. The molecule has 3 nitrogen and oxygen atoms in total. The molecule has 18 heavy (non-hydrogen) atoms. The van der Waals surface area contributed by atoms with Crippen LogP contribution < -0.4 is 5.32 Å². The van der Waals surface area contributed by atoms with Crippen molar-refractivity contribution in [3.05, 3.63) is 24.0 Å². The number of hydrogen-bond donors (Lipinski definition) is 2. The molecule has 0 aliphatic rings. The molecule has 1 aromatic heterocycles. The van der Waals surface area contributed by atoms with Crippen molar-refractivity contribution >= 4 is 0 Å². The zero-order valence-electron chi connectivity index (χ0n) is 12.2. The summed E-state index contributed by atoms with van der Waals surface area (Å²) in [6, 6.07) is 2.59. The molecule has 1 rings (SSSR count). The van der Waals surface area contributed by atoms with Gasteiger partial charge in [-0.1, -0.05) is 27.7 Å². The molecule has 1 heterocycles. The minimum atomic E-state index is -0.270. The first kappa shape index (κ1) is 15.3. The van der Waals surface area contributed by atoms with E-state index in [0.29, 0.717) is 18.5 Å². The third-order valence-corrected chi connectivity index (χ3v) is 3.39. The number of rotatable bonds is 8. The number of nitrogens with one attached hydrogen (secondary N) is 1. The van der Waals surface area contributed by atoms with Crippen molar-refractivity contribution in [1.29, 1.82) is 0 Å². The first-order chi connectivity index (χ1) is 8.58. The molecule has 0 amide bonds. The van der Waals surface area contributed by atoms with Crippen molar-refractivity contribution in [2.45, 2.75) is 59.2 Å². The molecule has 0 saturated carbocycles. The Kier molecular flexibility index (Phi) is 6.44. The molecule has 3 heteroatoms. The van der Waals surface area contributed by atoms with E-state index >= 15 is 0 Å². The maximum Gasteiger partial charge on any atom is 0.0741 e. The van der Waals surface area contributed by atoms with Crippen molar-refractivity contribution in [2.75, 3.05) is 6.54 Å². The van der Waals surface area contributed by atoms with Gasteiger partial charge in [0.25, 0.3) is 0 Å². The molecule has 0 radical (unpaired) electrons. The van der Waals surface area contributed by atoms with E-state index in [1.807, 2.05) is 13.8 Å². The lowest BCUT2D eigenvalue weighted by Gasteiger charge is -2.16. The molecule has 0 aromatic carbocycles. The number of aromatic nitrogens is 1. The Labute approximate surface area is 111 Å². The predicted octanol–water partition coefficient (Wildman–Crippen LogP) is 2.96. The average molecular weight is 252 g/mol. The molecular weight excluding hydrogens is 224 g/mol. The van der Waals surface area contributed by atoms with E-state index in [9.17, 15) is 5.11 Å². The first-order valence-corrected chi connectivity index (χ1v) is 7.15. The van der Waals surface area contributed by atoms with Gasteiger partial charge < -0.3 is 15.0 Å². The molecule has 1 aromatic rings. The second-order valence-corrected chi connectivity index (χ2v) is 5.37. The van der Waals surface area contributed by atoms with Crippen LogP contribution in [0.4, 0.5) is 0 Å². The lowest BCUT2D eigenvalue weighted by molar-refractivity contribution is 0.107. The summed E-state index contributed by atoms with van der Waals surface area (Å²) in [5, 5.41) is 13.4. The van der Waals surface area contributed by atoms with Crippen LogP contribution in [0, 0.1) is 5.92 Å². The molecule has 2 N–H and O–H groups in total. The van der Waals surface area contributed by atoms with Crippen LogP contribution in [0.15, 0.2) is 18.5 Å². The van der Waals surface area contributed by atoms with Gasteiger partial charge in [-0.15, -0.1) is 0 Å². The second kappa shape index (κ2) is 7.59. The van der Waals surface area contributed by atoms with E-state index in [2.05, 4.69) is 42.2 Å². The Morgan fingerprint density at radius 2 is 2.06 bits per heavy atom. The van der Waals surface area contributed by atoms with Gasteiger partial charge in [0.15, 0.2) is 0 Å². The van der Waals surface area contributed by atoms with Crippen LogP contribution in [0.2, 0.25) is 0 Å². The van der Waals surface area contributed by atoms with Crippen LogP contribution in [-0.4, -0.2) is 22.3 Å². The zero-order valence-corrected chi connectivity index (χ0v) is 12.2. The maximum atomic E-state index is 9.89. The van der Waals surface area contributed by atoms with Crippen molar-refractivity contribution < 1.29 is 5.11 Å². The van der Waals surface area contributed by atoms with Gasteiger partial charge in [-0.05, 0) is 36.9 Å². The highest BCUT2D eigenvalue weighted by atomic mass is 16.3. The number of hydrogen-bond acceptors (Lipinski definition) is 2. The second-order valence-electron chi connectivity index (χ2n) is 5.37. The van der Waals surface area contributed by atoms with E-state index in [4.69, 9.17) is 0 Å². The minimum absolute atomic E-state index is 0.270. The van der Waals surface area contributed by atoms with Crippen LogP contribution >= 0.6 is 0 Å². The van der Waals surface area contributed by atoms with Crippen LogP contribution in [0.1, 0.15) is 52.1 Å². The standard InChI is InChI=1S/C15H28N2O/c1-5-8-16-14(6-2)13-7-9-17(10-13)11-15(18)12(3)4/h7,9-10,12,14-16,18H,5-6,8,11H2,1-4H3. The van der Waals surface area contributed by atoms with E-state index in [-0.39, 0.29) is 6.10 Å². The van der Waals surface area contributed by atoms with Crippen LogP contribution in [0.5, 0.6) is 0 Å². The summed E-state index contributed by atoms with van der Waals surface area (Å²) in [4.78, 5) is 0. The van der Waals surface area contributed by atoms with Crippen molar-refractivity contribution in [2.24, 2.45) is 5.92 Å². The minimum Gasteiger partial charge on any atom is -0.391 e. The van der Waals surface area contributed by atoms with Gasteiger partial charge in [-0.3, -0.25) is 0 Å². The lowest BCUT2D eigenvalue weighted by Crippen LogP contribution is -2.22. The summed E-state index contributed by atoms with van der Waals surface area (Å²) >= 11 is 0. The SMILES string of the molecule is CCCNC(CC)c1ccn(CC(O)C(C)C)c1. The fourth-order valence-corrected chi connectivity index (χ4v) is 2.02. The monoisotopic (exact) mass is 252 g/mol. The zero-order chi connectivity index (χ0) is 13.5. The van der Waals surface area contributed by atoms with Gasteiger partial charge in [-0.25, -0.2) is 0 Å². The van der Waals surface area contributed by atoms with E-state index in [0.717, 1.165) is 19.4 Å². The highest BCUT2D eigenvalue weighted by Gasteiger charge is 2.12. The summed E-state index contributed by atoms with van der Waals surface area (Å²) in [5.41, 5.74) is 1.32. The van der Waals surface area contributed by atoms with Crippen molar-refractivity contribution in [3.8, 4) is 0 Å². The summed E-state index contributed by atoms with van der Waals surface area (Å²) in [6.07, 6.45) is 6.20. The largest absolute Gasteiger partial charge is 0.391 e. The fraction of sp³-hybridized carbons (Fsp3) is 0.733. The number of aliphatic hydroxyl groups excluding tert-OH is 1. The van der Waals surface area contributed by atoms with E-state index < -0.39 is 0 Å². The normalized spacial score (nSPS) is 15.0. The Balaban J connectivity index is 2.60. The summed E-state index contributed by atoms with van der Waals surface area (Å²) < 4.78 is 2.09. The number of aliphatic hydroxyl groups is 1. The molecule has 104 valence electrons. The van der Waals surface area contributed by atoms with Gasteiger partial charge in [0.05, 0.1) is 6.10 Å². The molecule has 0 aliphatic heterocycles. The third kappa shape index (κ3) is 4.46. The Hall–Kier alpha value is -0.800. The summed E-state index contributed by atoms with van der Waals surface area (Å²) in [6.45, 7) is 10.2. The smallest absolute Gasteiger partial charge is 0.0741 e. The van der Waals surface area contributed by atoms with Gasteiger partial charge in [-0.2, -0.15) is 0 Å². The summed E-state index contributed by atoms with van der Waals surface area (Å²) in [7, 11) is 0. The maximum absolute atomic E-state index is 9.89. The first-order valence-electron chi connectivity index (χ1n) is 7.15. The van der Waals surface area contributed by atoms with Gasteiger partial charge in [0, 0.05) is 25.0 Å². The molecule has 0 spiro atoms. The molecule has 0 saturated heterocycles. The van der Waals surface area contributed by atoms with Crippen LogP contribution in [0.3, 0.4) is 0 Å². The van der Waals surface area contributed by atoms with Crippen molar-refractivity contribution in [3.63, 3.8) is 0 Å². The predicted molar refractivity (Wildman–Crippen MR) is 76.6 cm³/mol. The van der Waals surface area contributed by atoms with Gasteiger partial charge in [0.2, 0.25) is 0 Å². The fourth-order valence-electron chi connectivity index (χ4n) is 2.02. The Morgan fingerprint density at radius 1 is 1.33 bits per heavy atom. The van der Waals surface area contributed by atoms with E-state index in [1.54, 1.807) is 0 Å². The van der Waals surface area contributed by atoms with Gasteiger partial charge in [0.1, 0.15) is 0 Å². The Morgan fingerprint density at radius 3 is 2.61 bits per heavy atom. The highest BCUT2D eigenvalue weighted by Crippen LogP contribution is 2.17. The van der Waals surface area contributed by atoms with E-state index in [1.165, 1.54) is 5.56 Å². The molecule has 0 fully saturated rings. The Bertz CT molecular complexity index is 333. The topological polar surface area (TPSA) is 37.2 Å². The van der Waals surface area contributed by atoms with Gasteiger partial charge >= 0.3 is 0 Å². The van der Waals surface area contributed by atoms with Crippen molar-refractivity contribution in [1.82, 2.24) is 9.88 Å². The molecular formula is C15H28N2O. The molecule has 2 unspecified atom stereocenters. The molecule has 0 bridgehead atoms. The quantitative estimate of drug-likeness (QED) is 0.746. The lowest BCUT2D eigenvalue weighted by atomic mass is 10.1. The summed E-state index contributed by atoms with van der Waals surface area (Å²) in [5.74, 6) is 0.302. The molecule has 2 atom stereocenters. The third-order valence-electron chi connectivity index (χ3n) is 3.39. The van der Waals surface area contributed by atoms with Crippen LogP contribution in [0.25, 0.3) is 0 Å². The number of nitrogens with zero attached hydrogens (tertiary/aromatic N) is 1. The van der Waals surface area contributed by atoms with Crippen LogP contribution in [-0.2, 0) is 6.54 Å². The molecule has 0 aliphatic carbocycles. The highest BCUT2D eigenvalue weighted by molar-refractivity contribution is 5.15.